The summed E-state index contributed by atoms with van der Waals surface area (Å²) in [5.74, 6) is 1.34. The summed E-state index contributed by atoms with van der Waals surface area (Å²) in [6.45, 7) is 7.06. The van der Waals surface area contributed by atoms with Gasteiger partial charge in [-0.25, -0.2) is 0 Å². The number of hydrogen-bond acceptors (Lipinski definition) is 2. The van der Waals surface area contributed by atoms with Crippen LogP contribution in [-0.2, 0) is 0 Å². The number of rotatable bonds is 5. The first kappa shape index (κ1) is 12.1. The maximum Gasteiger partial charge on any atom is 0.119 e. The fraction of sp³-hybridized carbons (Fsp3) is 0.538. The van der Waals surface area contributed by atoms with E-state index in [0.717, 1.165) is 18.8 Å². The highest BCUT2D eigenvalue weighted by atomic mass is 16.5. The molecule has 0 aliphatic heterocycles. The summed E-state index contributed by atoms with van der Waals surface area (Å²) in [5.41, 5.74) is 7.13. The lowest BCUT2D eigenvalue weighted by molar-refractivity contribution is 0.317. The van der Waals surface area contributed by atoms with E-state index in [4.69, 9.17) is 10.5 Å². The average Bonchev–Trinajstić information content (AvgIpc) is 2.26. The molecule has 0 saturated carbocycles. The molecule has 0 aromatic heterocycles. The van der Waals surface area contributed by atoms with E-state index in [2.05, 4.69) is 26.0 Å². The molecule has 84 valence electrons. The van der Waals surface area contributed by atoms with Crippen molar-refractivity contribution in [2.75, 3.05) is 6.61 Å². The molecule has 0 radical (unpaired) electrons. The molecule has 0 saturated heterocycles. The molecule has 0 bridgehead atoms. The molecule has 1 aromatic carbocycles. The maximum absolute atomic E-state index is 5.85. The van der Waals surface area contributed by atoms with Crippen molar-refractivity contribution < 1.29 is 4.74 Å². The van der Waals surface area contributed by atoms with Gasteiger partial charge >= 0.3 is 0 Å². The van der Waals surface area contributed by atoms with Gasteiger partial charge in [0.25, 0.3) is 0 Å². The van der Waals surface area contributed by atoms with Crippen LogP contribution in [0, 0.1) is 0 Å². The van der Waals surface area contributed by atoms with Gasteiger partial charge in [0.1, 0.15) is 5.75 Å². The molecule has 0 aliphatic carbocycles. The molecule has 15 heavy (non-hydrogen) atoms. The van der Waals surface area contributed by atoms with Crippen molar-refractivity contribution in [1.29, 1.82) is 0 Å². The van der Waals surface area contributed by atoms with Gasteiger partial charge < -0.3 is 10.5 Å². The third-order valence-corrected chi connectivity index (χ3v) is 2.67. The van der Waals surface area contributed by atoms with Gasteiger partial charge in [-0.1, -0.05) is 26.0 Å². The van der Waals surface area contributed by atoms with Crippen LogP contribution in [0.5, 0.6) is 5.75 Å². The summed E-state index contributed by atoms with van der Waals surface area (Å²) in [5, 5.41) is 0. The second kappa shape index (κ2) is 5.76. The normalized spacial score (nSPS) is 14.7. The van der Waals surface area contributed by atoms with Crippen LogP contribution in [0.2, 0.25) is 0 Å². The Balaban J connectivity index is 2.63. The molecule has 2 N–H and O–H groups in total. The van der Waals surface area contributed by atoms with Crippen LogP contribution in [0.3, 0.4) is 0 Å². The fourth-order valence-corrected chi connectivity index (χ4v) is 1.39. The summed E-state index contributed by atoms with van der Waals surface area (Å²) in [4.78, 5) is 0. The molecule has 0 spiro atoms. The number of benzene rings is 1. The van der Waals surface area contributed by atoms with Crippen molar-refractivity contribution in [2.45, 2.75) is 39.2 Å². The van der Waals surface area contributed by atoms with E-state index in [0.29, 0.717) is 5.92 Å². The van der Waals surface area contributed by atoms with Crippen molar-refractivity contribution in [3.05, 3.63) is 29.8 Å². The molecular formula is C13H21NO. The van der Waals surface area contributed by atoms with Gasteiger partial charge in [-0.2, -0.15) is 0 Å². The molecule has 2 heteroatoms. The van der Waals surface area contributed by atoms with Crippen molar-refractivity contribution >= 4 is 0 Å². The maximum atomic E-state index is 5.85. The lowest BCUT2D eigenvalue weighted by Crippen LogP contribution is -2.22. The summed E-state index contributed by atoms with van der Waals surface area (Å²) < 4.78 is 5.52. The van der Waals surface area contributed by atoms with Crippen molar-refractivity contribution in [3.8, 4) is 5.75 Å². The highest BCUT2D eigenvalue weighted by molar-refractivity contribution is 5.29. The Morgan fingerprint density at radius 3 is 2.27 bits per heavy atom. The van der Waals surface area contributed by atoms with Crippen molar-refractivity contribution in [2.24, 2.45) is 5.73 Å². The molecule has 2 nitrogen and oxygen atoms in total. The lowest BCUT2D eigenvalue weighted by Gasteiger charge is -2.16. The van der Waals surface area contributed by atoms with Crippen molar-refractivity contribution in [1.82, 2.24) is 0 Å². The topological polar surface area (TPSA) is 35.2 Å². The van der Waals surface area contributed by atoms with Gasteiger partial charge in [0.2, 0.25) is 0 Å². The molecule has 2 atom stereocenters. The van der Waals surface area contributed by atoms with Gasteiger partial charge in [0.15, 0.2) is 0 Å². The quantitative estimate of drug-likeness (QED) is 0.805. The Morgan fingerprint density at radius 2 is 1.80 bits per heavy atom. The first-order chi connectivity index (χ1) is 7.15. The average molecular weight is 207 g/mol. The van der Waals surface area contributed by atoms with E-state index < -0.39 is 0 Å². The minimum atomic E-state index is 0.187. The standard InChI is InChI=1S/C13H21NO/c1-4-9-15-13-7-5-12(6-8-13)10(2)11(3)14/h5-8,10-11H,4,9,14H2,1-3H3. The van der Waals surface area contributed by atoms with E-state index in [9.17, 15) is 0 Å². The molecule has 0 fully saturated rings. The monoisotopic (exact) mass is 207 g/mol. The van der Waals surface area contributed by atoms with Gasteiger partial charge in [0, 0.05) is 6.04 Å². The van der Waals surface area contributed by atoms with Crippen molar-refractivity contribution in [3.63, 3.8) is 0 Å². The molecule has 0 amide bonds. The first-order valence-electron chi connectivity index (χ1n) is 5.63. The van der Waals surface area contributed by atoms with Crippen LogP contribution >= 0.6 is 0 Å². The van der Waals surface area contributed by atoms with Crippen LogP contribution in [0.15, 0.2) is 24.3 Å². The van der Waals surface area contributed by atoms with Crippen LogP contribution in [0.25, 0.3) is 0 Å². The molecule has 0 heterocycles. The Morgan fingerprint density at radius 1 is 1.20 bits per heavy atom. The summed E-state index contributed by atoms with van der Waals surface area (Å²) in [6, 6.07) is 8.42. The summed E-state index contributed by atoms with van der Waals surface area (Å²) >= 11 is 0. The van der Waals surface area contributed by atoms with Crippen LogP contribution in [0.1, 0.15) is 38.7 Å². The zero-order chi connectivity index (χ0) is 11.3. The minimum Gasteiger partial charge on any atom is -0.494 e. The zero-order valence-corrected chi connectivity index (χ0v) is 9.86. The number of ether oxygens (including phenoxy) is 1. The highest BCUT2D eigenvalue weighted by Crippen LogP contribution is 2.21. The van der Waals surface area contributed by atoms with E-state index in [-0.39, 0.29) is 6.04 Å². The van der Waals surface area contributed by atoms with Gasteiger partial charge in [-0.3, -0.25) is 0 Å². The fourth-order valence-electron chi connectivity index (χ4n) is 1.39. The highest BCUT2D eigenvalue weighted by Gasteiger charge is 2.09. The van der Waals surface area contributed by atoms with Crippen LogP contribution in [0.4, 0.5) is 0 Å². The smallest absolute Gasteiger partial charge is 0.119 e. The Labute approximate surface area is 92.4 Å². The number of nitrogens with two attached hydrogens (primary N) is 1. The third-order valence-electron chi connectivity index (χ3n) is 2.67. The van der Waals surface area contributed by atoms with Gasteiger partial charge in [-0.15, -0.1) is 0 Å². The van der Waals surface area contributed by atoms with E-state index in [1.54, 1.807) is 0 Å². The lowest BCUT2D eigenvalue weighted by atomic mass is 9.95. The molecular weight excluding hydrogens is 186 g/mol. The summed E-state index contributed by atoms with van der Waals surface area (Å²) in [7, 11) is 0. The largest absolute Gasteiger partial charge is 0.494 e. The SMILES string of the molecule is CCCOc1ccc(C(C)C(C)N)cc1. The van der Waals surface area contributed by atoms with Crippen LogP contribution in [-0.4, -0.2) is 12.6 Å². The third kappa shape index (κ3) is 3.56. The van der Waals surface area contributed by atoms with E-state index >= 15 is 0 Å². The summed E-state index contributed by atoms with van der Waals surface area (Å²) in [6.07, 6.45) is 1.04. The number of hydrogen-bond donors (Lipinski definition) is 1. The van der Waals surface area contributed by atoms with E-state index in [1.165, 1.54) is 5.56 Å². The molecule has 1 aromatic rings. The minimum absolute atomic E-state index is 0.187. The van der Waals surface area contributed by atoms with Crippen LogP contribution < -0.4 is 10.5 Å². The zero-order valence-electron chi connectivity index (χ0n) is 9.86. The second-order valence-corrected chi connectivity index (χ2v) is 4.07. The first-order valence-corrected chi connectivity index (χ1v) is 5.63. The van der Waals surface area contributed by atoms with Gasteiger partial charge in [-0.05, 0) is 37.0 Å². The predicted octanol–water partition coefficient (Wildman–Crippen LogP) is 2.93. The predicted molar refractivity (Wildman–Crippen MR) is 64.3 cm³/mol. The molecule has 2 unspecified atom stereocenters. The molecule has 1 rings (SSSR count). The Hall–Kier alpha value is -1.02. The Kier molecular flexibility index (Phi) is 4.63. The second-order valence-electron chi connectivity index (χ2n) is 4.07. The Bertz CT molecular complexity index is 279. The van der Waals surface area contributed by atoms with E-state index in [1.807, 2.05) is 19.1 Å². The van der Waals surface area contributed by atoms with Gasteiger partial charge in [0.05, 0.1) is 6.61 Å². The molecule has 0 aliphatic rings.